The van der Waals surface area contributed by atoms with Crippen molar-refractivity contribution in [2.75, 3.05) is 5.32 Å². The Morgan fingerprint density at radius 1 is 1.15 bits per heavy atom. The number of rotatable bonds is 3. The highest BCUT2D eigenvalue weighted by molar-refractivity contribution is 6.08. The first-order valence-electron chi connectivity index (χ1n) is 8.75. The van der Waals surface area contributed by atoms with Crippen LogP contribution in [0.15, 0.2) is 41.2 Å². The van der Waals surface area contributed by atoms with E-state index >= 15 is 0 Å². The number of aryl methyl sites for hydroxylation is 1. The molecule has 1 aliphatic carbocycles. The van der Waals surface area contributed by atoms with Gasteiger partial charge in [-0.25, -0.2) is 5.10 Å². The van der Waals surface area contributed by atoms with Gasteiger partial charge in [-0.2, -0.15) is 5.10 Å². The molecule has 2 aromatic heterocycles. The summed E-state index contributed by atoms with van der Waals surface area (Å²) in [6.07, 6.45) is 2.12. The lowest BCUT2D eigenvalue weighted by atomic mass is 9.94. The topological polar surface area (TPSA) is 108 Å². The predicted octanol–water partition coefficient (Wildman–Crippen LogP) is 2.84. The van der Waals surface area contributed by atoms with Crippen LogP contribution >= 0.6 is 0 Å². The minimum absolute atomic E-state index is 0.0928. The van der Waals surface area contributed by atoms with E-state index in [1.807, 2.05) is 6.07 Å². The molecule has 0 radical (unpaired) electrons. The van der Waals surface area contributed by atoms with Crippen LogP contribution in [0, 0.1) is 6.92 Å². The molecule has 3 aromatic rings. The number of H-pyrrole nitrogens is 2. The number of ketones is 1. The van der Waals surface area contributed by atoms with Crippen molar-refractivity contribution >= 4 is 17.4 Å². The van der Waals surface area contributed by atoms with Crippen LogP contribution in [0.25, 0.3) is 11.3 Å². The minimum Gasteiger partial charge on any atom is -0.354 e. The summed E-state index contributed by atoms with van der Waals surface area (Å²) in [6.45, 7) is 1.80. The lowest BCUT2D eigenvalue weighted by Gasteiger charge is -2.09. The lowest BCUT2D eigenvalue weighted by molar-refractivity contribution is 0.0971. The van der Waals surface area contributed by atoms with E-state index < -0.39 is 0 Å². The van der Waals surface area contributed by atoms with Crippen molar-refractivity contribution in [2.45, 2.75) is 26.2 Å². The van der Waals surface area contributed by atoms with Gasteiger partial charge in [0.1, 0.15) is 5.69 Å². The van der Waals surface area contributed by atoms with Crippen molar-refractivity contribution in [3.05, 3.63) is 69.3 Å². The monoisotopic (exact) mass is 362 g/mol. The molecular formula is C20H18N4O3. The summed E-state index contributed by atoms with van der Waals surface area (Å²) in [6, 6.07) is 10.2. The summed E-state index contributed by atoms with van der Waals surface area (Å²) in [5, 5.41) is 9.26. The molecule has 1 amide bonds. The molecule has 0 unspecified atom stereocenters. The van der Waals surface area contributed by atoms with Gasteiger partial charge in [-0.3, -0.25) is 14.4 Å². The Labute approximate surface area is 154 Å². The third kappa shape index (κ3) is 3.19. The van der Waals surface area contributed by atoms with Crippen molar-refractivity contribution in [1.82, 2.24) is 15.2 Å². The van der Waals surface area contributed by atoms with Gasteiger partial charge < -0.3 is 10.3 Å². The maximum Gasteiger partial charge on any atom is 0.272 e. The van der Waals surface area contributed by atoms with E-state index in [2.05, 4.69) is 20.5 Å². The number of aromatic nitrogens is 3. The average molecular weight is 362 g/mol. The summed E-state index contributed by atoms with van der Waals surface area (Å²) in [7, 11) is 0. The van der Waals surface area contributed by atoms with Gasteiger partial charge in [0.05, 0.1) is 5.69 Å². The quantitative estimate of drug-likeness (QED) is 0.666. The molecule has 3 N–H and O–H groups in total. The van der Waals surface area contributed by atoms with Gasteiger partial charge in [0.25, 0.3) is 11.5 Å². The lowest BCUT2D eigenvalue weighted by Crippen LogP contribution is -2.14. The first-order valence-corrected chi connectivity index (χ1v) is 8.75. The molecule has 0 atom stereocenters. The molecule has 0 saturated carbocycles. The third-order valence-corrected chi connectivity index (χ3v) is 4.76. The molecule has 0 fully saturated rings. The number of aromatic amines is 2. The molecule has 0 spiro atoms. The van der Waals surface area contributed by atoms with Crippen LogP contribution in [0.4, 0.5) is 5.69 Å². The van der Waals surface area contributed by atoms with Crippen molar-refractivity contribution in [3.8, 4) is 11.3 Å². The number of anilines is 1. The van der Waals surface area contributed by atoms with E-state index in [1.165, 1.54) is 6.07 Å². The first-order chi connectivity index (χ1) is 13.0. The van der Waals surface area contributed by atoms with Gasteiger partial charge in [-0.15, -0.1) is 0 Å². The number of nitrogens with one attached hydrogen (secondary N) is 3. The Morgan fingerprint density at radius 2 is 2.00 bits per heavy atom. The number of amides is 1. The van der Waals surface area contributed by atoms with Crippen LogP contribution in [-0.4, -0.2) is 26.9 Å². The first kappa shape index (κ1) is 17.0. The maximum absolute atomic E-state index is 12.7. The smallest absolute Gasteiger partial charge is 0.272 e. The van der Waals surface area contributed by atoms with Crippen LogP contribution < -0.4 is 10.9 Å². The minimum atomic E-state index is -0.290. The number of hydrogen-bond donors (Lipinski definition) is 3. The van der Waals surface area contributed by atoms with Gasteiger partial charge in [0.15, 0.2) is 5.78 Å². The number of carbonyl (C=O) groups excluding carboxylic acids is 2. The van der Waals surface area contributed by atoms with Crippen LogP contribution in [-0.2, 0) is 6.42 Å². The molecule has 0 aliphatic heterocycles. The second kappa shape index (κ2) is 6.68. The van der Waals surface area contributed by atoms with E-state index in [0.717, 1.165) is 24.1 Å². The fraction of sp³-hybridized carbons (Fsp3) is 0.200. The summed E-state index contributed by atoms with van der Waals surface area (Å²) in [5.41, 5.74) is 4.32. The zero-order valence-electron chi connectivity index (χ0n) is 14.8. The van der Waals surface area contributed by atoms with E-state index in [1.54, 1.807) is 31.2 Å². The van der Waals surface area contributed by atoms with Gasteiger partial charge in [-0.05, 0) is 43.5 Å². The number of benzene rings is 1. The average Bonchev–Trinajstić information content (AvgIpc) is 3.01. The zero-order chi connectivity index (χ0) is 19.0. The normalized spacial score (nSPS) is 13.3. The molecule has 27 heavy (non-hydrogen) atoms. The number of hydrogen-bond acceptors (Lipinski definition) is 4. The van der Waals surface area contributed by atoms with Crippen LogP contribution in [0.3, 0.4) is 0 Å². The van der Waals surface area contributed by atoms with Gasteiger partial charge in [-0.1, -0.05) is 12.1 Å². The van der Waals surface area contributed by atoms with E-state index in [4.69, 9.17) is 0 Å². The molecule has 4 rings (SSSR count). The standard InChI is InChI=1S/C20H18N4O3/c1-11-18-15(6-3-7-16(18)25)22-19(11)20(27)21-13-5-2-4-12(10-13)14-8-9-17(26)24-23-14/h2,4-5,8-10,22H,3,6-7H2,1H3,(H,21,27)(H,24,26). The second-order valence-corrected chi connectivity index (χ2v) is 6.60. The highest BCUT2D eigenvalue weighted by atomic mass is 16.2. The Balaban J connectivity index is 1.61. The van der Waals surface area contributed by atoms with Gasteiger partial charge in [0.2, 0.25) is 0 Å². The van der Waals surface area contributed by atoms with Crippen molar-refractivity contribution in [3.63, 3.8) is 0 Å². The fourth-order valence-electron chi connectivity index (χ4n) is 3.46. The van der Waals surface area contributed by atoms with E-state index in [-0.39, 0.29) is 17.2 Å². The molecule has 136 valence electrons. The van der Waals surface area contributed by atoms with Crippen molar-refractivity contribution < 1.29 is 9.59 Å². The Bertz CT molecular complexity index is 1090. The second-order valence-electron chi connectivity index (χ2n) is 6.60. The molecular weight excluding hydrogens is 344 g/mol. The van der Waals surface area contributed by atoms with Gasteiger partial charge in [0, 0.05) is 35.0 Å². The number of nitrogens with zero attached hydrogens (tertiary/aromatic N) is 1. The Morgan fingerprint density at radius 3 is 2.74 bits per heavy atom. The largest absolute Gasteiger partial charge is 0.354 e. The Kier molecular flexibility index (Phi) is 4.19. The highest BCUT2D eigenvalue weighted by Gasteiger charge is 2.26. The molecule has 2 heterocycles. The van der Waals surface area contributed by atoms with E-state index in [0.29, 0.717) is 34.6 Å². The maximum atomic E-state index is 12.7. The highest BCUT2D eigenvalue weighted by Crippen LogP contribution is 2.27. The molecule has 7 heteroatoms. The van der Waals surface area contributed by atoms with Gasteiger partial charge >= 0.3 is 0 Å². The predicted molar refractivity (Wildman–Crippen MR) is 101 cm³/mol. The van der Waals surface area contributed by atoms with Crippen LogP contribution in [0.1, 0.15) is 44.9 Å². The summed E-state index contributed by atoms with van der Waals surface area (Å²) in [4.78, 5) is 39.2. The third-order valence-electron chi connectivity index (χ3n) is 4.76. The molecule has 1 aromatic carbocycles. The van der Waals surface area contributed by atoms with Crippen molar-refractivity contribution in [1.29, 1.82) is 0 Å². The summed E-state index contributed by atoms with van der Waals surface area (Å²) >= 11 is 0. The number of fused-ring (bicyclic) bond motifs is 1. The molecule has 0 saturated heterocycles. The molecule has 1 aliphatic rings. The fourth-order valence-corrected chi connectivity index (χ4v) is 3.46. The van der Waals surface area contributed by atoms with Crippen molar-refractivity contribution in [2.24, 2.45) is 0 Å². The zero-order valence-corrected chi connectivity index (χ0v) is 14.8. The SMILES string of the molecule is Cc1c(C(=O)Nc2cccc(-c3ccc(=O)[nH]n3)c2)[nH]c2c1C(=O)CCC2. The number of carbonyl (C=O) groups is 2. The van der Waals surface area contributed by atoms with Crippen LogP contribution in [0.5, 0.6) is 0 Å². The van der Waals surface area contributed by atoms with Crippen LogP contribution in [0.2, 0.25) is 0 Å². The summed E-state index contributed by atoms with van der Waals surface area (Å²) in [5.74, 6) is -0.198. The Hall–Kier alpha value is -3.48. The molecule has 0 bridgehead atoms. The van der Waals surface area contributed by atoms with E-state index in [9.17, 15) is 14.4 Å². The molecule has 7 nitrogen and oxygen atoms in total. The number of Topliss-reactive ketones (excluding diaryl/α,β-unsaturated/α-hetero) is 1. The summed E-state index contributed by atoms with van der Waals surface area (Å²) < 4.78 is 0.